The smallest absolute Gasteiger partial charge is 0.264 e. The summed E-state index contributed by atoms with van der Waals surface area (Å²) < 4.78 is 35.6. The van der Waals surface area contributed by atoms with E-state index in [1.807, 2.05) is 75.4 Å². The molecule has 0 heterocycles. The molecule has 8 nitrogen and oxygen atoms in total. The molecule has 1 N–H and O–H groups in total. The number of rotatable bonds is 14. The summed E-state index contributed by atoms with van der Waals surface area (Å²) in [5, 5.41) is 3.05. The maximum atomic E-state index is 14.6. The molecule has 4 aromatic carbocycles. The second-order valence-electron chi connectivity index (χ2n) is 11.2. The number of nitrogens with one attached hydrogen (secondary N) is 1. The second kappa shape index (κ2) is 15.9. The molecular formula is C36H40BrN3O5S. The normalized spacial score (nSPS) is 12.5. The first kappa shape index (κ1) is 34.7. The van der Waals surface area contributed by atoms with Crippen molar-refractivity contribution in [1.82, 2.24) is 10.2 Å². The van der Waals surface area contributed by atoms with Gasteiger partial charge in [0.25, 0.3) is 10.0 Å². The van der Waals surface area contributed by atoms with Crippen LogP contribution < -0.4 is 14.4 Å². The van der Waals surface area contributed by atoms with Crippen LogP contribution in [-0.2, 0) is 32.6 Å². The van der Waals surface area contributed by atoms with Gasteiger partial charge in [-0.1, -0.05) is 83.0 Å². The van der Waals surface area contributed by atoms with Crippen LogP contribution in [0.15, 0.2) is 112 Å². The molecule has 2 amide bonds. The largest absolute Gasteiger partial charge is 0.497 e. The number of carbonyl (C=O) groups is 2. The minimum absolute atomic E-state index is 0.0523. The van der Waals surface area contributed by atoms with Crippen LogP contribution in [0.5, 0.6) is 5.75 Å². The summed E-state index contributed by atoms with van der Waals surface area (Å²) in [5.41, 5.74) is 2.87. The molecule has 0 spiro atoms. The van der Waals surface area contributed by atoms with Crippen molar-refractivity contribution in [3.8, 4) is 5.75 Å². The molecule has 46 heavy (non-hydrogen) atoms. The molecule has 4 aromatic rings. The maximum absolute atomic E-state index is 14.6. The van der Waals surface area contributed by atoms with Crippen LogP contribution in [0.4, 0.5) is 5.69 Å². The standard InChI is InChI=1S/C36H40BrN3O5S/c1-5-27(3)38-36(42)34(23-28-9-7-6-8-10-28)39(24-29-13-15-30(37)16-14-29)35(41)25-40(31-17-19-32(45-4)20-18-31)46(43,44)33-21-11-26(2)12-22-33/h6-22,27,34H,5,23-25H2,1-4H3,(H,38,42)/t27-,34-/m1/s1. The van der Waals surface area contributed by atoms with E-state index < -0.39 is 28.5 Å². The first-order valence-corrected chi connectivity index (χ1v) is 17.4. The monoisotopic (exact) mass is 705 g/mol. The van der Waals surface area contributed by atoms with Gasteiger partial charge in [0.05, 0.1) is 17.7 Å². The van der Waals surface area contributed by atoms with Crippen molar-refractivity contribution in [2.75, 3.05) is 18.0 Å². The molecule has 0 saturated heterocycles. The Balaban J connectivity index is 1.80. The fourth-order valence-electron chi connectivity index (χ4n) is 4.90. The molecule has 0 aliphatic rings. The molecule has 10 heteroatoms. The molecule has 0 radical (unpaired) electrons. The summed E-state index contributed by atoms with van der Waals surface area (Å²) in [6.45, 7) is 5.33. The summed E-state index contributed by atoms with van der Waals surface area (Å²) in [6, 6.07) is 29.0. The van der Waals surface area contributed by atoms with Crippen molar-refractivity contribution in [3.63, 3.8) is 0 Å². The number of aryl methyl sites for hydroxylation is 1. The Morgan fingerprint density at radius 2 is 1.50 bits per heavy atom. The van der Waals surface area contributed by atoms with Crippen LogP contribution >= 0.6 is 15.9 Å². The average molecular weight is 707 g/mol. The van der Waals surface area contributed by atoms with E-state index in [4.69, 9.17) is 4.74 Å². The first-order valence-electron chi connectivity index (χ1n) is 15.1. The van der Waals surface area contributed by atoms with Gasteiger partial charge in [0.15, 0.2) is 0 Å². The van der Waals surface area contributed by atoms with Crippen molar-refractivity contribution >= 4 is 43.5 Å². The number of anilines is 1. The first-order chi connectivity index (χ1) is 22.0. The summed E-state index contributed by atoms with van der Waals surface area (Å²) in [7, 11) is -2.66. The maximum Gasteiger partial charge on any atom is 0.264 e. The predicted molar refractivity (Wildman–Crippen MR) is 185 cm³/mol. The van der Waals surface area contributed by atoms with Gasteiger partial charge < -0.3 is 15.0 Å². The van der Waals surface area contributed by atoms with Crippen LogP contribution in [0.1, 0.15) is 37.0 Å². The lowest BCUT2D eigenvalue weighted by Crippen LogP contribution is -2.54. The zero-order valence-electron chi connectivity index (χ0n) is 26.5. The van der Waals surface area contributed by atoms with Gasteiger partial charge >= 0.3 is 0 Å². The Bertz CT molecular complexity index is 1700. The Labute approximate surface area is 280 Å². The van der Waals surface area contributed by atoms with Crippen LogP contribution in [-0.4, -0.2) is 50.9 Å². The van der Waals surface area contributed by atoms with E-state index in [1.54, 1.807) is 36.4 Å². The van der Waals surface area contributed by atoms with Gasteiger partial charge in [-0.3, -0.25) is 13.9 Å². The van der Waals surface area contributed by atoms with E-state index in [2.05, 4.69) is 21.2 Å². The minimum Gasteiger partial charge on any atom is -0.497 e. The van der Waals surface area contributed by atoms with Crippen molar-refractivity contribution in [2.24, 2.45) is 0 Å². The molecule has 0 saturated carbocycles. The molecular weight excluding hydrogens is 666 g/mol. The fourth-order valence-corrected chi connectivity index (χ4v) is 6.57. The van der Waals surface area contributed by atoms with Crippen LogP contribution in [0, 0.1) is 6.92 Å². The molecule has 0 bridgehead atoms. The number of nitrogens with zero attached hydrogens (tertiary/aromatic N) is 2. The second-order valence-corrected chi connectivity index (χ2v) is 14.0. The van der Waals surface area contributed by atoms with Crippen molar-refractivity contribution in [3.05, 3.63) is 124 Å². The third kappa shape index (κ3) is 8.98. The van der Waals surface area contributed by atoms with Gasteiger partial charge in [-0.25, -0.2) is 8.42 Å². The van der Waals surface area contributed by atoms with Gasteiger partial charge in [0.1, 0.15) is 18.3 Å². The Morgan fingerprint density at radius 1 is 0.870 bits per heavy atom. The van der Waals surface area contributed by atoms with Gasteiger partial charge in [0.2, 0.25) is 11.8 Å². The fraction of sp³-hybridized carbons (Fsp3) is 0.278. The van der Waals surface area contributed by atoms with Crippen molar-refractivity contribution < 1.29 is 22.7 Å². The number of ether oxygens (including phenoxy) is 1. The molecule has 2 atom stereocenters. The highest BCUT2D eigenvalue weighted by atomic mass is 79.9. The van der Waals surface area contributed by atoms with Gasteiger partial charge in [0, 0.05) is 23.5 Å². The highest BCUT2D eigenvalue weighted by Gasteiger charge is 2.35. The number of halogens is 1. The number of hydrogen-bond donors (Lipinski definition) is 1. The molecule has 4 rings (SSSR count). The molecule has 0 aliphatic heterocycles. The molecule has 0 aliphatic carbocycles. The van der Waals surface area contributed by atoms with Crippen LogP contribution in [0.2, 0.25) is 0 Å². The highest BCUT2D eigenvalue weighted by molar-refractivity contribution is 9.10. The third-order valence-corrected chi connectivity index (χ3v) is 10.1. The summed E-state index contributed by atoms with van der Waals surface area (Å²) >= 11 is 3.46. The Morgan fingerprint density at radius 3 is 2.09 bits per heavy atom. The predicted octanol–water partition coefficient (Wildman–Crippen LogP) is 6.52. The van der Waals surface area contributed by atoms with E-state index in [0.29, 0.717) is 17.9 Å². The number of benzene rings is 4. The lowest BCUT2D eigenvalue weighted by Gasteiger charge is -2.34. The topological polar surface area (TPSA) is 96.0 Å². The molecule has 242 valence electrons. The van der Waals surface area contributed by atoms with Crippen LogP contribution in [0.25, 0.3) is 0 Å². The molecule has 0 aromatic heterocycles. The lowest BCUT2D eigenvalue weighted by atomic mass is 10.0. The third-order valence-electron chi connectivity index (χ3n) is 7.79. The lowest BCUT2D eigenvalue weighted by molar-refractivity contribution is -0.140. The van der Waals surface area contributed by atoms with Crippen molar-refractivity contribution in [2.45, 2.75) is 57.1 Å². The summed E-state index contributed by atoms with van der Waals surface area (Å²) in [4.78, 5) is 30.0. The van der Waals surface area contributed by atoms with E-state index in [1.165, 1.54) is 24.1 Å². The van der Waals surface area contributed by atoms with E-state index in [9.17, 15) is 18.0 Å². The summed E-state index contributed by atoms with van der Waals surface area (Å²) in [6.07, 6.45) is 0.961. The Kier molecular flexibility index (Phi) is 12.0. The van der Waals surface area contributed by atoms with E-state index in [-0.39, 0.29) is 29.8 Å². The summed E-state index contributed by atoms with van der Waals surface area (Å²) in [5.74, 6) is -0.278. The number of methoxy groups -OCH3 is 1. The number of carbonyl (C=O) groups excluding carboxylic acids is 2. The molecule has 0 fully saturated rings. The number of sulfonamides is 1. The van der Waals surface area contributed by atoms with E-state index >= 15 is 0 Å². The number of amides is 2. The zero-order chi connectivity index (χ0) is 33.3. The molecule has 0 unspecified atom stereocenters. The van der Waals surface area contributed by atoms with Crippen molar-refractivity contribution in [1.29, 1.82) is 0 Å². The van der Waals surface area contributed by atoms with Gasteiger partial charge in [-0.05, 0) is 79.9 Å². The minimum atomic E-state index is -4.19. The zero-order valence-corrected chi connectivity index (χ0v) is 28.9. The quantitative estimate of drug-likeness (QED) is 0.161. The highest BCUT2D eigenvalue weighted by Crippen LogP contribution is 2.27. The van der Waals surface area contributed by atoms with Gasteiger partial charge in [-0.2, -0.15) is 0 Å². The SMILES string of the molecule is CC[C@@H](C)NC(=O)[C@@H](Cc1ccccc1)N(Cc1ccc(Br)cc1)C(=O)CN(c1ccc(OC)cc1)S(=O)(=O)c1ccc(C)cc1. The average Bonchev–Trinajstić information content (AvgIpc) is 3.06. The Hall–Kier alpha value is -4.15. The number of hydrogen-bond acceptors (Lipinski definition) is 5. The van der Waals surface area contributed by atoms with Crippen LogP contribution in [0.3, 0.4) is 0 Å². The van der Waals surface area contributed by atoms with Gasteiger partial charge in [-0.15, -0.1) is 0 Å². The van der Waals surface area contributed by atoms with E-state index in [0.717, 1.165) is 25.5 Å².